The Hall–Kier alpha value is -1.50. The van der Waals surface area contributed by atoms with Crippen LogP contribution in [0.2, 0.25) is 0 Å². The fourth-order valence-electron chi connectivity index (χ4n) is 2.25. The first-order valence-electron chi connectivity index (χ1n) is 6.72. The van der Waals surface area contributed by atoms with E-state index < -0.39 is 8.15 Å². The van der Waals surface area contributed by atoms with Gasteiger partial charge in [0.05, 0.1) is 8.15 Å². The molecule has 0 aliphatic carbocycles. The molecule has 2 aromatic carbocycles. The minimum atomic E-state index is -0.817. The molecule has 0 saturated carbocycles. The van der Waals surface area contributed by atoms with Crippen LogP contribution >= 0.6 is 8.15 Å². The van der Waals surface area contributed by atoms with E-state index in [2.05, 4.69) is 24.3 Å². The lowest BCUT2D eigenvalue weighted by molar-refractivity contribution is 0.112. The van der Waals surface area contributed by atoms with Crippen molar-refractivity contribution in [3.63, 3.8) is 0 Å². The molecular formula is C17H19O2P. The summed E-state index contributed by atoms with van der Waals surface area (Å²) in [5.41, 5.74) is 2.81. The molecule has 0 radical (unpaired) electrons. The number of rotatable bonds is 5. The number of hydrogen-bond acceptors (Lipinski definition) is 2. The third kappa shape index (κ3) is 3.15. The van der Waals surface area contributed by atoms with Crippen LogP contribution in [-0.2, 0) is 4.52 Å². The van der Waals surface area contributed by atoms with Gasteiger partial charge < -0.3 is 4.52 Å². The second-order valence-corrected chi connectivity index (χ2v) is 6.54. The van der Waals surface area contributed by atoms with Gasteiger partial charge in [-0.25, -0.2) is 0 Å². The Morgan fingerprint density at radius 3 is 2.15 bits per heavy atom. The van der Waals surface area contributed by atoms with Crippen LogP contribution < -0.4 is 10.6 Å². The van der Waals surface area contributed by atoms with E-state index >= 15 is 0 Å². The van der Waals surface area contributed by atoms with Crippen LogP contribution in [-0.4, -0.2) is 12.9 Å². The summed E-state index contributed by atoms with van der Waals surface area (Å²) in [6, 6.07) is 14.4. The molecule has 20 heavy (non-hydrogen) atoms. The fraction of sp³-hybridized carbons (Fsp3) is 0.235. The molecule has 0 aliphatic rings. The lowest BCUT2D eigenvalue weighted by Crippen LogP contribution is -2.15. The van der Waals surface area contributed by atoms with Gasteiger partial charge in [0.25, 0.3) is 0 Å². The zero-order valence-corrected chi connectivity index (χ0v) is 13.0. The topological polar surface area (TPSA) is 26.3 Å². The highest BCUT2D eigenvalue weighted by atomic mass is 31.1. The summed E-state index contributed by atoms with van der Waals surface area (Å²) >= 11 is 0. The van der Waals surface area contributed by atoms with E-state index in [1.54, 1.807) is 0 Å². The maximum absolute atomic E-state index is 11.1. The SMILES string of the molecule is CCOP(c1ccccc1)c1cc(C)c(C=O)c(C)c1. The molecule has 104 valence electrons. The summed E-state index contributed by atoms with van der Waals surface area (Å²) < 4.78 is 5.97. The fourth-order valence-corrected chi connectivity index (χ4v) is 4.16. The van der Waals surface area contributed by atoms with Gasteiger partial charge in [0.15, 0.2) is 6.29 Å². The van der Waals surface area contributed by atoms with Crippen LogP contribution in [0.5, 0.6) is 0 Å². The molecule has 0 aromatic heterocycles. The molecule has 2 aromatic rings. The van der Waals surface area contributed by atoms with Crippen molar-refractivity contribution in [2.75, 3.05) is 6.61 Å². The van der Waals surface area contributed by atoms with Gasteiger partial charge in [-0.3, -0.25) is 4.79 Å². The zero-order valence-electron chi connectivity index (χ0n) is 12.1. The maximum atomic E-state index is 11.1. The number of carbonyl (C=O) groups excluding carboxylic acids is 1. The lowest BCUT2D eigenvalue weighted by Gasteiger charge is -2.19. The van der Waals surface area contributed by atoms with Gasteiger partial charge in [-0.05, 0) is 44.0 Å². The average Bonchev–Trinajstić information content (AvgIpc) is 2.45. The quantitative estimate of drug-likeness (QED) is 0.621. The Morgan fingerprint density at radius 2 is 1.65 bits per heavy atom. The highest BCUT2D eigenvalue weighted by Crippen LogP contribution is 2.35. The smallest absolute Gasteiger partial charge is 0.150 e. The zero-order chi connectivity index (χ0) is 14.5. The van der Waals surface area contributed by atoms with Crippen molar-refractivity contribution in [3.05, 3.63) is 59.2 Å². The van der Waals surface area contributed by atoms with Crippen LogP contribution in [0.25, 0.3) is 0 Å². The van der Waals surface area contributed by atoms with Gasteiger partial charge in [-0.15, -0.1) is 0 Å². The van der Waals surface area contributed by atoms with E-state index in [0.717, 1.165) is 28.3 Å². The third-order valence-corrected chi connectivity index (χ3v) is 5.19. The van der Waals surface area contributed by atoms with Crippen molar-refractivity contribution in [3.8, 4) is 0 Å². The first-order chi connectivity index (χ1) is 9.67. The van der Waals surface area contributed by atoms with E-state index in [1.165, 1.54) is 5.30 Å². The third-order valence-electron chi connectivity index (χ3n) is 3.18. The Morgan fingerprint density at radius 1 is 1.05 bits per heavy atom. The number of carbonyl (C=O) groups is 1. The molecular weight excluding hydrogens is 267 g/mol. The van der Waals surface area contributed by atoms with E-state index in [-0.39, 0.29) is 0 Å². The summed E-state index contributed by atoms with van der Waals surface area (Å²) in [5, 5.41) is 2.36. The predicted octanol–water partition coefficient (Wildman–Crippen LogP) is 3.50. The summed E-state index contributed by atoms with van der Waals surface area (Å²) in [7, 11) is -0.817. The predicted molar refractivity (Wildman–Crippen MR) is 85.6 cm³/mol. The van der Waals surface area contributed by atoms with Gasteiger partial charge in [0.2, 0.25) is 0 Å². The summed E-state index contributed by atoms with van der Waals surface area (Å²) in [6.45, 7) is 6.64. The molecule has 0 aliphatic heterocycles. The highest BCUT2D eigenvalue weighted by molar-refractivity contribution is 7.68. The summed E-state index contributed by atoms with van der Waals surface area (Å²) in [4.78, 5) is 11.1. The maximum Gasteiger partial charge on any atom is 0.150 e. The minimum Gasteiger partial charge on any atom is -0.350 e. The van der Waals surface area contributed by atoms with Crippen molar-refractivity contribution in [1.82, 2.24) is 0 Å². The number of aldehydes is 1. The van der Waals surface area contributed by atoms with Gasteiger partial charge in [-0.2, -0.15) is 0 Å². The van der Waals surface area contributed by atoms with Crippen LogP contribution in [0, 0.1) is 13.8 Å². The lowest BCUT2D eigenvalue weighted by atomic mass is 10.0. The van der Waals surface area contributed by atoms with Crippen LogP contribution in [0.1, 0.15) is 28.4 Å². The number of benzene rings is 2. The molecule has 1 atom stereocenters. The second kappa shape index (κ2) is 6.78. The summed E-state index contributed by atoms with van der Waals surface area (Å²) in [5.74, 6) is 0. The molecule has 0 amide bonds. The van der Waals surface area contributed by atoms with Crippen LogP contribution in [0.4, 0.5) is 0 Å². The van der Waals surface area contributed by atoms with E-state index in [0.29, 0.717) is 6.61 Å². The van der Waals surface area contributed by atoms with E-state index in [4.69, 9.17) is 4.52 Å². The Kier molecular flexibility index (Phi) is 5.05. The Labute approximate surface area is 121 Å². The van der Waals surface area contributed by atoms with Crippen molar-refractivity contribution < 1.29 is 9.32 Å². The van der Waals surface area contributed by atoms with E-state index in [1.807, 2.05) is 39.0 Å². The molecule has 2 nitrogen and oxygen atoms in total. The first kappa shape index (κ1) is 14.9. The van der Waals surface area contributed by atoms with E-state index in [9.17, 15) is 4.79 Å². The molecule has 0 fully saturated rings. The van der Waals surface area contributed by atoms with Gasteiger partial charge in [0.1, 0.15) is 0 Å². The second-order valence-electron chi connectivity index (χ2n) is 4.66. The summed E-state index contributed by atoms with van der Waals surface area (Å²) in [6.07, 6.45) is 0.930. The highest BCUT2D eigenvalue weighted by Gasteiger charge is 2.16. The van der Waals surface area contributed by atoms with Crippen LogP contribution in [0.15, 0.2) is 42.5 Å². The average molecular weight is 286 g/mol. The van der Waals surface area contributed by atoms with Crippen molar-refractivity contribution in [1.29, 1.82) is 0 Å². The van der Waals surface area contributed by atoms with Crippen molar-refractivity contribution in [2.24, 2.45) is 0 Å². The van der Waals surface area contributed by atoms with Gasteiger partial charge in [0, 0.05) is 22.8 Å². The first-order valence-corrected chi connectivity index (χ1v) is 7.97. The number of hydrogen-bond donors (Lipinski definition) is 0. The molecule has 0 spiro atoms. The van der Waals surface area contributed by atoms with Gasteiger partial charge >= 0.3 is 0 Å². The largest absolute Gasteiger partial charge is 0.350 e. The molecule has 0 heterocycles. The molecule has 2 rings (SSSR count). The molecule has 3 heteroatoms. The monoisotopic (exact) mass is 286 g/mol. The van der Waals surface area contributed by atoms with Crippen molar-refractivity contribution >= 4 is 25.0 Å². The molecule has 0 saturated heterocycles. The molecule has 0 N–H and O–H groups in total. The molecule has 0 bridgehead atoms. The Balaban J connectivity index is 2.48. The van der Waals surface area contributed by atoms with Crippen molar-refractivity contribution in [2.45, 2.75) is 20.8 Å². The standard InChI is InChI=1S/C17H19O2P/c1-4-19-20(15-8-6-5-7-9-15)16-10-13(2)17(12-18)14(3)11-16/h5-12H,4H2,1-3H3. The minimum absolute atomic E-state index is 0.675. The van der Waals surface area contributed by atoms with Gasteiger partial charge in [-0.1, -0.05) is 30.3 Å². The normalized spacial score (nSPS) is 12.2. The van der Waals surface area contributed by atoms with Crippen LogP contribution in [0.3, 0.4) is 0 Å². The molecule has 1 unspecified atom stereocenters. The number of aryl methyl sites for hydroxylation is 2. The Bertz CT molecular complexity index is 570.